The fraction of sp³-hybridized carbons (Fsp3) is 0.600. The molecule has 1 atom stereocenters. The molecular weight excluding hydrogens is 270 g/mol. The van der Waals surface area contributed by atoms with E-state index in [2.05, 4.69) is 15.6 Å². The second-order valence-electron chi connectivity index (χ2n) is 6.58. The predicted octanol–water partition coefficient (Wildman–Crippen LogP) is 3.00. The molecule has 1 amide bonds. The highest BCUT2D eigenvalue weighted by Gasteiger charge is 2.22. The minimum absolute atomic E-state index is 0.135. The summed E-state index contributed by atoms with van der Waals surface area (Å²) >= 11 is 0. The lowest BCUT2D eigenvalue weighted by molar-refractivity contribution is 0.0633. The van der Waals surface area contributed by atoms with Crippen LogP contribution in [0.1, 0.15) is 41.5 Å². The maximum Gasteiger partial charge on any atom is 0.413 e. The Labute approximate surface area is 125 Å². The summed E-state index contributed by atoms with van der Waals surface area (Å²) in [4.78, 5) is 15.7. The van der Waals surface area contributed by atoms with Gasteiger partial charge < -0.3 is 15.2 Å². The standard InChI is InChI=1S/C15H25N3O3/c1-10(15(5,6)20)17-11-7-8-12(16-9-11)18-13(19)21-14(2,3)4/h7-10,17,20H,1-6H3,(H,16,18,19). The van der Waals surface area contributed by atoms with Crippen molar-refractivity contribution in [2.75, 3.05) is 10.6 Å². The summed E-state index contributed by atoms with van der Waals surface area (Å²) in [7, 11) is 0. The number of hydrogen-bond acceptors (Lipinski definition) is 5. The van der Waals surface area contributed by atoms with E-state index in [0.29, 0.717) is 5.82 Å². The minimum atomic E-state index is -0.840. The van der Waals surface area contributed by atoms with Crippen LogP contribution in [0.25, 0.3) is 0 Å². The largest absolute Gasteiger partial charge is 0.444 e. The monoisotopic (exact) mass is 295 g/mol. The number of nitrogens with one attached hydrogen (secondary N) is 2. The predicted molar refractivity (Wildman–Crippen MR) is 83.5 cm³/mol. The molecular formula is C15H25N3O3. The van der Waals surface area contributed by atoms with Crippen molar-refractivity contribution >= 4 is 17.6 Å². The maximum atomic E-state index is 11.6. The molecule has 0 saturated heterocycles. The molecule has 0 spiro atoms. The van der Waals surface area contributed by atoms with E-state index >= 15 is 0 Å². The highest BCUT2D eigenvalue weighted by Crippen LogP contribution is 2.16. The van der Waals surface area contributed by atoms with Gasteiger partial charge in [-0.05, 0) is 53.7 Å². The first kappa shape index (κ1) is 17.2. The number of anilines is 2. The van der Waals surface area contributed by atoms with E-state index < -0.39 is 17.3 Å². The summed E-state index contributed by atoms with van der Waals surface area (Å²) in [5.74, 6) is 0.408. The van der Waals surface area contributed by atoms with Gasteiger partial charge >= 0.3 is 6.09 Å². The topological polar surface area (TPSA) is 83.5 Å². The molecule has 1 unspecified atom stereocenters. The average Bonchev–Trinajstić information content (AvgIpc) is 2.27. The van der Waals surface area contributed by atoms with Crippen molar-refractivity contribution < 1.29 is 14.6 Å². The van der Waals surface area contributed by atoms with Crippen LogP contribution < -0.4 is 10.6 Å². The number of hydrogen-bond donors (Lipinski definition) is 3. The van der Waals surface area contributed by atoms with E-state index in [9.17, 15) is 9.90 Å². The molecule has 1 rings (SSSR count). The van der Waals surface area contributed by atoms with Crippen molar-refractivity contribution in [3.63, 3.8) is 0 Å². The van der Waals surface area contributed by atoms with Gasteiger partial charge in [0.1, 0.15) is 11.4 Å². The second kappa shape index (κ2) is 6.30. The first-order valence-electron chi connectivity index (χ1n) is 6.92. The molecule has 21 heavy (non-hydrogen) atoms. The molecule has 6 nitrogen and oxygen atoms in total. The maximum absolute atomic E-state index is 11.6. The lowest BCUT2D eigenvalue weighted by Crippen LogP contribution is -2.39. The molecule has 3 N–H and O–H groups in total. The Hall–Kier alpha value is -1.82. The second-order valence-corrected chi connectivity index (χ2v) is 6.58. The fourth-order valence-corrected chi connectivity index (χ4v) is 1.39. The number of nitrogens with zero attached hydrogens (tertiary/aromatic N) is 1. The third kappa shape index (κ3) is 6.44. The number of ether oxygens (including phenoxy) is 1. The zero-order valence-electron chi connectivity index (χ0n) is 13.5. The van der Waals surface area contributed by atoms with E-state index in [0.717, 1.165) is 5.69 Å². The zero-order valence-corrected chi connectivity index (χ0v) is 13.5. The number of aromatic nitrogens is 1. The lowest BCUT2D eigenvalue weighted by Gasteiger charge is -2.27. The first-order chi connectivity index (χ1) is 9.47. The molecule has 0 aliphatic rings. The van der Waals surface area contributed by atoms with Crippen LogP contribution in [-0.4, -0.2) is 33.4 Å². The molecule has 0 aliphatic carbocycles. The summed E-state index contributed by atoms with van der Waals surface area (Å²) in [5.41, 5.74) is -0.624. The van der Waals surface area contributed by atoms with Gasteiger partial charge in [-0.3, -0.25) is 5.32 Å². The van der Waals surface area contributed by atoms with Crippen LogP contribution in [0.3, 0.4) is 0 Å². The molecule has 0 bridgehead atoms. The molecule has 0 radical (unpaired) electrons. The van der Waals surface area contributed by atoms with E-state index in [1.54, 1.807) is 52.9 Å². The Morgan fingerprint density at radius 2 is 1.90 bits per heavy atom. The Balaban J connectivity index is 2.60. The van der Waals surface area contributed by atoms with Crippen LogP contribution in [0.15, 0.2) is 18.3 Å². The molecule has 1 aromatic heterocycles. The summed E-state index contributed by atoms with van der Waals surface area (Å²) < 4.78 is 5.14. The number of amides is 1. The molecule has 6 heteroatoms. The Morgan fingerprint density at radius 1 is 1.29 bits per heavy atom. The van der Waals surface area contributed by atoms with Gasteiger partial charge in [0.15, 0.2) is 0 Å². The normalized spacial score (nSPS) is 13.5. The Bertz CT molecular complexity index is 472. The van der Waals surface area contributed by atoms with Crippen molar-refractivity contribution in [2.45, 2.75) is 58.8 Å². The van der Waals surface area contributed by atoms with Gasteiger partial charge in [0.25, 0.3) is 0 Å². The van der Waals surface area contributed by atoms with Gasteiger partial charge in [0.2, 0.25) is 0 Å². The molecule has 1 heterocycles. The van der Waals surface area contributed by atoms with Crippen LogP contribution in [0.4, 0.5) is 16.3 Å². The minimum Gasteiger partial charge on any atom is -0.444 e. The van der Waals surface area contributed by atoms with Crippen LogP contribution in [0.5, 0.6) is 0 Å². The van der Waals surface area contributed by atoms with E-state index in [1.165, 1.54) is 0 Å². The molecule has 1 aromatic rings. The molecule has 0 aromatic carbocycles. The number of rotatable bonds is 4. The lowest BCUT2D eigenvalue weighted by atomic mass is 10.0. The summed E-state index contributed by atoms with van der Waals surface area (Å²) in [6.07, 6.45) is 1.05. The molecule has 0 fully saturated rings. The molecule has 0 saturated carbocycles. The third-order valence-electron chi connectivity index (χ3n) is 2.84. The number of carbonyl (C=O) groups is 1. The summed E-state index contributed by atoms with van der Waals surface area (Å²) in [6, 6.07) is 3.31. The number of pyridine rings is 1. The summed E-state index contributed by atoms with van der Waals surface area (Å²) in [6.45, 7) is 10.7. The van der Waals surface area contributed by atoms with Gasteiger partial charge in [-0.1, -0.05) is 0 Å². The third-order valence-corrected chi connectivity index (χ3v) is 2.84. The van der Waals surface area contributed by atoms with E-state index in [1.807, 2.05) is 6.92 Å². The quantitative estimate of drug-likeness (QED) is 0.795. The van der Waals surface area contributed by atoms with Gasteiger partial charge in [0.05, 0.1) is 23.5 Å². The van der Waals surface area contributed by atoms with Crippen molar-refractivity contribution in [3.05, 3.63) is 18.3 Å². The number of carbonyl (C=O) groups excluding carboxylic acids is 1. The SMILES string of the molecule is CC(Nc1ccc(NC(=O)OC(C)(C)C)nc1)C(C)(C)O. The van der Waals surface area contributed by atoms with Crippen molar-refractivity contribution in [2.24, 2.45) is 0 Å². The van der Waals surface area contributed by atoms with Crippen LogP contribution in [0, 0.1) is 0 Å². The fourth-order valence-electron chi connectivity index (χ4n) is 1.39. The van der Waals surface area contributed by atoms with Crippen molar-refractivity contribution in [3.8, 4) is 0 Å². The highest BCUT2D eigenvalue weighted by molar-refractivity contribution is 5.83. The van der Waals surface area contributed by atoms with E-state index in [-0.39, 0.29) is 6.04 Å². The average molecular weight is 295 g/mol. The Kier molecular flexibility index (Phi) is 5.17. The summed E-state index contributed by atoms with van der Waals surface area (Å²) in [5, 5.41) is 15.6. The Morgan fingerprint density at radius 3 is 2.33 bits per heavy atom. The number of aliphatic hydroxyl groups is 1. The van der Waals surface area contributed by atoms with Gasteiger partial charge in [-0.2, -0.15) is 0 Å². The van der Waals surface area contributed by atoms with Crippen LogP contribution in [0.2, 0.25) is 0 Å². The van der Waals surface area contributed by atoms with Gasteiger partial charge in [0, 0.05) is 0 Å². The van der Waals surface area contributed by atoms with Crippen molar-refractivity contribution in [1.82, 2.24) is 4.98 Å². The van der Waals surface area contributed by atoms with Crippen LogP contribution >= 0.6 is 0 Å². The zero-order chi connectivity index (χ0) is 16.3. The van der Waals surface area contributed by atoms with Crippen LogP contribution in [-0.2, 0) is 4.74 Å². The first-order valence-corrected chi connectivity index (χ1v) is 6.92. The van der Waals surface area contributed by atoms with Gasteiger partial charge in [-0.15, -0.1) is 0 Å². The highest BCUT2D eigenvalue weighted by atomic mass is 16.6. The molecule has 0 aliphatic heterocycles. The molecule has 118 valence electrons. The smallest absolute Gasteiger partial charge is 0.413 e. The van der Waals surface area contributed by atoms with E-state index in [4.69, 9.17) is 4.74 Å². The van der Waals surface area contributed by atoms with Crippen molar-refractivity contribution in [1.29, 1.82) is 0 Å². The van der Waals surface area contributed by atoms with Gasteiger partial charge in [-0.25, -0.2) is 9.78 Å².